The molecule has 0 saturated carbocycles. The van der Waals surface area contributed by atoms with Crippen LogP contribution in [0.1, 0.15) is 47.0 Å². The highest BCUT2D eigenvalue weighted by molar-refractivity contribution is 8.82. The second kappa shape index (κ2) is 10.6. The number of rotatable bonds is 9. The Kier molecular flexibility index (Phi) is 9.58. The van der Waals surface area contributed by atoms with Gasteiger partial charge in [0.05, 0.1) is 24.9 Å². The fraction of sp³-hybridized carbons (Fsp3) is 0.875. The standard InChI is InChI=1S/C16H29NO4S2/c1-11(2)16(20)23-22-7-5-6-15(19)17-9-14(18)8-13(17)10-21-12(3)4/h11-14,18H,5-10H2,1-4H3/t13-,14+/m0/s1. The zero-order valence-corrected chi connectivity index (χ0v) is 16.1. The number of aliphatic hydroxyl groups is 1. The summed E-state index contributed by atoms with van der Waals surface area (Å²) >= 11 is 0. The molecule has 0 aromatic heterocycles. The van der Waals surface area contributed by atoms with E-state index in [1.54, 1.807) is 4.90 Å². The smallest absolute Gasteiger partial charge is 0.223 e. The minimum absolute atomic E-state index is 0.0237. The second-order valence-electron chi connectivity index (χ2n) is 6.45. The molecule has 0 spiro atoms. The lowest BCUT2D eigenvalue weighted by Gasteiger charge is -2.25. The van der Waals surface area contributed by atoms with Gasteiger partial charge in [-0.25, -0.2) is 0 Å². The summed E-state index contributed by atoms with van der Waals surface area (Å²) in [6, 6.07) is -0.0237. The Balaban J connectivity index is 2.28. The molecule has 1 rings (SSSR count). The molecule has 7 heteroatoms. The quantitative estimate of drug-likeness (QED) is 0.502. The van der Waals surface area contributed by atoms with Crippen molar-refractivity contribution < 1.29 is 19.4 Å². The molecule has 1 heterocycles. The van der Waals surface area contributed by atoms with Gasteiger partial charge in [0.25, 0.3) is 0 Å². The summed E-state index contributed by atoms with van der Waals surface area (Å²) in [5.41, 5.74) is 0. The van der Waals surface area contributed by atoms with Crippen LogP contribution < -0.4 is 0 Å². The topological polar surface area (TPSA) is 66.8 Å². The van der Waals surface area contributed by atoms with Gasteiger partial charge < -0.3 is 14.7 Å². The van der Waals surface area contributed by atoms with Crippen molar-refractivity contribution in [1.82, 2.24) is 4.90 Å². The number of hydrogen-bond donors (Lipinski definition) is 1. The van der Waals surface area contributed by atoms with Gasteiger partial charge in [0, 0.05) is 24.6 Å². The van der Waals surface area contributed by atoms with Crippen LogP contribution in [0.2, 0.25) is 0 Å². The molecule has 0 bridgehead atoms. The Morgan fingerprint density at radius 2 is 2.00 bits per heavy atom. The summed E-state index contributed by atoms with van der Waals surface area (Å²) in [5, 5.41) is 9.99. The third kappa shape index (κ3) is 7.92. The van der Waals surface area contributed by atoms with E-state index in [0.717, 1.165) is 12.2 Å². The largest absolute Gasteiger partial charge is 0.391 e. The second-order valence-corrected chi connectivity index (χ2v) is 8.87. The Hall–Kier alpha value is -0.240. The van der Waals surface area contributed by atoms with E-state index < -0.39 is 6.10 Å². The van der Waals surface area contributed by atoms with Gasteiger partial charge in [-0.15, -0.1) is 0 Å². The van der Waals surface area contributed by atoms with Crippen LogP contribution in [-0.4, -0.2) is 58.2 Å². The SMILES string of the molecule is CC(C)OC[C@@H]1C[C@@H](O)CN1C(=O)CCCSSC(=O)C(C)C. The Bertz CT molecular complexity index is 390. The Labute approximate surface area is 147 Å². The average molecular weight is 364 g/mol. The first kappa shape index (κ1) is 20.8. The minimum atomic E-state index is -0.451. The van der Waals surface area contributed by atoms with E-state index in [0.29, 0.717) is 26.0 Å². The van der Waals surface area contributed by atoms with Crippen LogP contribution in [0.15, 0.2) is 0 Å². The molecule has 23 heavy (non-hydrogen) atoms. The highest BCUT2D eigenvalue weighted by Crippen LogP contribution is 2.27. The summed E-state index contributed by atoms with van der Waals surface area (Å²) < 4.78 is 5.60. The number of amides is 1. The molecule has 0 radical (unpaired) electrons. The number of nitrogens with zero attached hydrogens (tertiary/aromatic N) is 1. The van der Waals surface area contributed by atoms with E-state index in [9.17, 15) is 14.7 Å². The molecule has 0 unspecified atom stereocenters. The number of aliphatic hydroxyl groups excluding tert-OH is 1. The van der Waals surface area contributed by atoms with Crippen LogP contribution in [0, 0.1) is 5.92 Å². The lowest BCUT2D eigenvalue weighted by molar-refractivity contribution is -0.133. The van der Waals surface area contributed by atoms with Crippen LogP contribution in [0.25, 0.3) is 0 Å². The van der Waals surface area contributed by atoms with Crippen molar-refractivity contribution in [3.8, 4) is 0 Å². The van der Waals surface area contributed by atoms with Crippen molar-refractivity contribution in [2.24, 2.45) is 5.92 Å². The lowest BCUT2D eigenvalue weighted by atomic mass is 10.2. The van der Waals surface area contributed by atoms with E-state index in [1.165, 1.54) is 21.6 Å². The van der Waals surface area contributed by atoms with Gasteiger partial charge >= 0.3 is 0 Å². The zero-order valence-electron chi connectivity index (χ0n) is 14.5. The number of ether oxygens (including phenoxy) is 1. The third-order valence-electron chi connectivity index (χ3n) is 3.57. The molecular weight excluding hydrogens is 334 g/mol. The molecule has 1 aliphatic rings. The van der Waals surface area contributed by atoms with Crippen molar-refractivity contribution in [1.29, 1.82) is 0 Å². The molecule has 1 amide bonds. The minimum Gasteiger partial charge on any atom is -0.391 e. The predicted molar refractivity (Wildman–Crippen MR) is 96.3 cm³/mol. The number of hydrogen-bond acceptors (Lipinski definition) is 6. The van der Waals surface area contributed by atoms with Crippen molar-refractivity contribution in [3.63, 3.8) is 0 Å². The lowest BCUT2D eigenvalue weighted by Crippen LogP contribution is -2.39. The van der Waals surface area contributed by atoms with Crippen molar-refractivity contribution in [3.05, 3.63) is 0 Å². The zero-order chi connectivity index (χ0) is 17.4. The maximum Gasteiger partial charge on any atom is 0.223 e. The normalized spacial score (nSPS) is 21.4. The number of carbonyl (C=O) groups excluding carboxylic acids is 2. The van der Waals surface area contributed by atoms with E-state index in [2.05, 4.69) is 0 Å². The molecular formula is C16H29NO4S2. The first-order valence-corrected chi connectivity index (χ1v) is 10.6. The number of likely N-dealkylation sites (tertiary alicyclic amines) is 1. The predicted octanol–water partition coefficient (Wildman–Crippen LogP) is 2.72. The van der Waals surface area contributed by atoms with Crippen LogP contribution in [0.4, 0.5) is 0 Å². The average Bonchev–Trinajstić information content (AvgIpc) is 2.85. The summed E-state index contributed by atoms with van der Waals surface area (Å²) in [6.45, 7) is 8.58. The van der Waals surface area contributed by atoms with Crippen LogP contribution >= 0.6 is 21.6 Å². The summed E-state index contributed by atoms with van der Waals surface area (Å²) in [5.74, 6) is 0.889. The van der Waals surface area contributed by atoms with Gasteiger partial charge in [-0.05, 0) is 37.5 Å². The molecule has 0 aromatic rings. The monoisotopic (exact) mass is 363 g/mol. The summed E-state index contributed by atoms with van der Waals surface area (Å²) in [7, 11) is 2.79. The highest BCUT2D eigenvalue weighted by atomic mass is 33.1. The van der Waals surface area contributed by atoms with Gasteiger partial charge in [-0.1, -0.05) is 24.6 Å². The number of carbonyl (C=O) groups is 2. The van der Waals surface area contributed by atoms with Gasteiger partial charge in [-0.3, -0.25) is 9.59 Å². The molecule has 1 fully saturated rings. The molecule has 1 aliphatic heterocycles. The van der Waals surface area contributed by atoms with E-state index >= 15 is 0 Å². The summed E-state index contributed by atoms with van der Waals surface area (Å²) in [4.78, 5) is 25.6. The van der Waals surface area contributed by atoms with Gasteiger partial charge in [0.2, 0.25) is 11.0 Å². The fourth-order valence-electron chi connectivity index (χ4n) is 2.28. The van der Waals surface area contributed by atoms with E-state index in [4.69, 9.17) is 4.74 Å². The summed E-state index contributed by atoms with van der Waals surface area (Å²) in [6.07, 6.45) is 1.46. The molecule has 5 nitrogen and oxygen atoms in total. The van der Waals surface area contributed by atoms with Gasteiger partial charge in [0.1, 0.15) is 0 Å². The van der Waals surface area contributed by atoms with Crippen LogP contribution in [-0.2, 0) is 14.3 Å². The van der Waals surface area contributed by atoms with Crippen LogP contribution in [0.3, 0.4) is 0 Å². The molecule has 0 aromatic carbocycles. The van der Waals surface area contributed by atoms with Crippen LogP contribution in [0.5, 0.6) is 0 Å². The molecule has 134 valence electrons. The van der Waals surface area contributed by atoms with Gasteiger partial charge in [-0.2, -0.15) is 0 Å². The van der Waals surface area contributed by atoms with Crippen molar-refractivity contribution >= 4 is 32.6 Å². The van der Waals surface area contributed by atoms with Gasteiger partial charge in [0.15, 0.2) is 0 Å². The van der Waals surface area contributed by atoms with Crippen molar-refractivity contribution in [2.75, 3.05) is 18.9 Å². The fourth-order valence-corrected chi connectivity index (χ4v) is 4.46. The highest BCUT2D eigenvalue weighted by Gasteiger charge is 2.34. The first-order valence-electron chi connectivity index (χ1n) is 8.23. The molecule has 2 atom stereocenters. The first-order chi connectivity index (χ1) is 10.8. The molecule has 1 saturated heterocycles. The van der Waals surface area contributed by atoms with Crippen molar-refractivity contribution in [2.45, 2.75) is 65.2 Å². The Morgan fingerprint density at radius 3 is 2.61 bits per heavy atom. The molecule has 1 N–H and O–H groups in total. The maximum absolute atomic E-state index is 12.3. The Morgan fingerprint density at radius 1 is 1.30 bits per heavy atom. The van der Waals surface area contributed by atoms with E-state index in [1.807, 2.05) is 27.7 Å². The maximum atomic E-state index is 12.3. The number of β-amino-alcohol motifs (C(OH)–C–C–N with tert-alkyl or cyclic N) is 1. The van der Waals surface area contributed by atoms with E-state index in [-0.39, 0.29) is 29.1 Å². The molecule has 0 aliphatic carbocycles. The third-order valence-corrected chi connectivity index (χ3v) is 6.12.